The molecule has 0 radical (unpaired) electrons. The largest absolute Gasteiger partial charge is 0.478 e. The molecule has 0 amide bonds. The van der Waals surface area contributed by atoms with Gasteiger partial charge in [0.05, 0.1) is 11.3 Å². The number of hydrogen-bond acceptors (Lipinski definition) is 4. The van der Waals surface area contributed by atoms with Crippen LogP contribution in [-0.2, 0) is 6.42 Å². The van der Waals surface area contributed by atoms with Crippen molar-refractivity contribution in [1.82, 2.24) is 4.98 Å². The van der Waals surface area contributed by atoms with E-state index in [-0.39, 0.29) is 0 Å². The maximum Gasteiger partial charge on any atom is 0.336 e. The van der Waals surface area contributed by atoms with Gasteiger partial charge >= 0.3 is 5.97 Å². The quantitative estimate of drug-likeness (QED) is 0.918. The Kier molecular flexibility index (Phi) is 3.81. The van der Waals surface area contributed by atoms with Gasteiger partial charge in [0.25, 0.3) is 0 Å². The van der Waals surface area contributed by atoms with E-state index in [1.807, 2.05) is 11.4 Å². The average Bonchev–Trinajstić information content (AvgIpc) is 2.77. The number of carboxylic acid groups (broad SMARTS) is 1. The summed E-state index contributed by atoms with van der Waals surface area (Å²) in [6.45, 7) is 2.05. The summed E-state index contributed by atoms with van der Waals surface area (Å²) < 4.78 is 0.885. The number of hydrogen-bond donors (Lipinski definition) is 1. The lowest BCUT2D eigenvalue weighted by Crippen LogP contribution is -1.97. The molecule has 0 aliphatic carbocycles. The molecule has 1 aromatic heterocycles. The van der Waals surface area contributed by atoms with Crippen molar-refractivity contribution in [3.05, 3.63) is 40.9 Å². The Bertz CT molecular complexity index is 537. The summed E-state index contributed by atoms with van der Waals surface area (Å²) in [7, 11) is 0. The molecule has 5 heteroatoms. The molecule has 0 unspecified atom stereocenters. The van der Waals surface area contributed by atoms with Gasteiger partial charge in [0.1, 0.15) is 0 Å². The van der Waals surface area contributed by atoms with Crippen molar-refractivity contribution in [3.8, 4) is 0 Å². The van der Waals surface area contributed by atoms with Gasteiger partial charge in [-0.15, -0.1) is 11.3 Å². The molecule has 2 rings (SSSR count). The van der Waals surface area contributed by atoms with E-state index in [2.05, 4.69) is 11.9 Å². The van der Waals surface area contributed by atoms with Crippen LogP contribution >= 0.6 is 23.1 Å². The van der Waals surface area contributed by atoms with E-state index in [9.17, 15) is 4.79 Å². The van der Waals surface area contributed by atoms with Gasteiger partial charge < -0.3 is 5.11 Å². The van der Waals surface area contributed by atoms with Crippen molar-refractivity contribution in [1.29, 1.82) is 0 Å². The minimum absolute atomic E-state index is 0.325. The molecule has 0 saturated heterocycles. The highest BCUT2D eigenvalue weighted by atomic mass is 32.2. The fraction of sp³-hybridized carbons (Fsp3) is 0.167. The number of thiazole rings is 1. The van der Waals surface area contributed by atoms with Gasteiger partial charge in [-0.25, -0.2) is 9.78 Å². The monoisotopic (exact) mass is 265 g/mol. The second kappa shape index (κ2) is 5.33. The van der Waals surface area contributed by atoms with Gasteiger partial charge in [-0.2, -0.15) is 0 Å². The number of nitrogens with zero attached hydrogens (tertiary/aromatic N) is 1. The van der Waals surface area contributed by atoms with Crippen LogP contribution in [0.3, 0.4) is 0 Å². The summed E-state index contributed by atoms with van der Waals surface area (Å²) in [6, 6.07) is 6.98. The SMILES string of the molecule is CCc1csc(Sc2ccccc2C(=O)O)n1. The Balaban J connectivity index is 2.26. The number of carboxylic acids is 1. The van der Waals surface area contributed by atoms with Crippen molar-refractivity contribution in [2.24, 2.45) is 0 Å². The van der Waals surface area contributed by atoms with E-state index in [0.717, 1.165) is 21.3 Å². The second-order valence-corrected chi connectivity index (χ2v) is 5.51. The Hall–Kier alpha value is -1.33. The molecule has 0 bridgehead atoms. The first-order valence-electron chi connectivity index (χ1n) is 5.15. The third kappa shape index (κ3) is 2.87. The van der Waals surface area contributed by atoms with Crippen molar-refractivity contribution in [2.75, 3.05) is 0 Å². The molecule has 1 heterocycles. The van der Waals surface area contributed by atoms with Crippen molar-refractivity contribution in [2.45, 2.75) is 22.6 Å². The number of rotatable bonds is 4. The lowest BCUT2D eigenvalue weighted by Gasteiger charge is -2.02. The Morgan fingerprint density at radius 2 is 2.24 bits per heavy atom. The zero-order valence-electron chi connectivity index (χ0n) is 9.21. The molecule has 0 fully saturated rings. The number of carbonyl (C=O) groups is 1. The van der Waals surface area contributed by atoms with Crippen LogP contribution in [0.4, 0.5) is 0 Å². The third-order valence-electron chi connectivity index (χ3n) is 2.21. The van der Waals surface area contributed by atoms with E-state index in [0.29, 0.717) is 5.56 Å². The number of aryl methyl sites for hydroxylation is 1. The summed E-state index contributed by atoms with van der Waals surface area (Å²) >= 11 is 2.95. The zero-order chi connectivity index (χ0) is 12.3. The molecule has 3 nitrogen and oxygen atoms in total. The van der Waals surface area contributed by atoms with Crippen LogP contribution < -0.4 is 0 Å². The van der Waals surface area contributed by atoms with Crippen LogP contribution in [0.25, 0.3) is 0 Å². The predicted octanol–water partition coefficient (Wildman–Crippen LogP) is 3.55. The molecule has 0 spiro atoms. The lowest BCUT2D eigenvalue weighted by molar-refractivity contribution is 0.0693. The highest BCUT2D eigenvalue weighted by molar-refractivity contribution is 8.01. The molecule has 0 aliphatic rings. The topological polar surface area (TPSA) is 50.2 Å². The normalized spacial score (nSPS) is 10.4. The van der Waals surface area contributed by atoms with E-state index in [4.69, 9.17) is 5.11 Å². The first-order valence-corrected chi connectivity index (χ1v) is 6.85. The van der Waals surface area contributed by atoms with Crippen molar-refractivity contribution >= 4 is 29.1 Å². The molecule has 0 atom stereocenters. The molecule has 0 aliphatic heterocycles. The first kappa shape index (κ1) is 12.1. The van der Waals surface area contributed by atoms with E-state index in [1.54, 1.807) is 29.5 Å². The highest BCUT2D eigenvalue weighted by Gasteiger charge is 2.11. The van der Waals surface area contributed by atoms with Crippen LogP contribution in [0.2, 0.25) is 0 Å². The first-order chi connectivity index (χ1) is 8.20. The van der Waals surface area contributed by atoms with Gasteiger partial charge in [-0.05, 0) is 18.6 Å². The fourth-order valence-corrected chi connectivity index (χ4v) is 3.32. The van der Waals surface area contributed by atoms with E-state index >= 15 is 0 Å². The molecule has 0 saturated carbocycles. The standard InChI is InChI=1S/C12H11NO2S2/c1-2-8-7-16-12(13-8)17-10-6-4-3-5-9(10)11(14)15/h3-7H,2H2,1H3,(H,14,15). The van der Waals surface area contributed by atoms with Gasteiger partial charge in [-0.3, -0.25) is 0 Å². The third-order valence-corrected chi connectivity index (χ3v) is 4.27. The molecule has 1 N–H and O–H groups in total. The summed E-state index contributed by atoms with van der Waals surface area (Å²) in [5.74, 6) is -0.902. The zero-order valence-corrected chi connectivity index (χ0v) is 10.8. The molecular formula is C12H11NO2S2. The average molecular weight is 265 g/mol. The van der Waals surface area contributed by atoms with E-state index < -0.39 is 5.97 Å². The van der Waals surface area contributed by atoms with Crippen LogP contribution in [0.15, 0.2) is 38.9 Å². The maximum atomic E-state index is 11.0. The predicted molar refractivity (Wildman–Crippen MR) is 69.0 cm³/mol. The Labute approximate surface area is 108 Å². The van der Waals surface area contributed by atoms with Crippen LogP contribution in [0.5, 0.6) is 0 Å². The van der Waals surface area contributed by atoms with Gasteiger partial charge in [0.2, 0.25) is 0 Å². The second-order valence-electron chi connectivity index (χ2n) is 3.36. The number of benzene rings is 1. The van der Waals surface area contributed by atoms with Crippen LogP contribution in [0.1, 0.15) is 23.0 Å². The molecular weight excluding hydrogens is 254 g/mol. The summed E-state index contributed by atoms with van der Waals surface area (Å²) in [5.41, 5.74) is 1.37. The lowest BCUT2D eigenvalue weighted by atomic mass is 10.2. The molecule has 88 valence electrons. The van der Waals surface area contributed by atoms with Crippen LogP contribution in [-0.4, -0.2) is 16.1 Å². The van der Waals surface area contributed by atoms with Crippen LogP contribution in [0, 0.1) is 0 Å². The summed E-state index contributed by atoms with van der Waals surface area (Å²) in [5, 5.41) is 11.1. The minimum atomic E-state index is -0.902. The summed E-state index contributed by atoms with van der Waals surface area (Å²) in [4.78, 5) is 16.2. The minimum Gasteiger partial charge on any atom is -0.478 e. The fourth-order valence-electron chi connectivity index (χ4n) is 1.32. The highest BCUT2D eigenvalue weighted by Crippen LogP contribution is 2.32. The van der Waals surface area contributed by atoms with Gasteiger partial charge in [0, 0.05) is 10.3 Å². The Morgan fingerprint density at radius 3 is 2.88 bits per heavy atom. The van der Waals surface area contributed by atoms with Gasteiger partial charge in [-0.1, -0.05) is 30.8 Å². The van der Waals surface area contributed by atoms with Crippen molar-refractivity contribution < 1.29 is 9.90 Å². The molecule has 17 heavy (non-hydrogen) atoms. The smallest absolute Gasteiger partial charge is 0.336 e. The molecule has 1 aromatic carbocycles. The summed E-state index contributed by atoms with van der Waals surface area (Å²) in [6.07, 6.45) is 0.900. The molecule has 2 aromatic rings. The number of aromatic nitrogens is 1. The van der Waals surface area contributed by atoms with Gasteiger partial charge in [0.15, 0.2) is 4.34 Å². The van der Waals surface area contributed by atoms with E-state index in [1.165, 1.54) is 11.8 Å². The number of aromatic carboxylic acids is 1. The Morgan fingerprint density at radius 1 is 1.47 bits per heavy atom. The maximum absolute atomic E-state index is 11.0. The van der Waals surface area contributed by atoms with Crippen molar-refractivity contribution in [3.63, 3.8) is 0 Å².